The van der Waals surface area contributed by atoms with Crippen LogP contribution in [0.5, 0.6) is 0 Å². The van der Waals surface area contributed by atoms with E-state index in [-0.39, 0.29) is 5.91 Å². The molecule has 1 atom stereocenters. The molecular formula is C17H23N3O3S. The molecule has 0 aliphatic rings. The number of aryl methyl sites for hydroxylation is 2. The lowest BCUT2D eigenvalue weighted by Gasteiger charge is -2.22. The van der Waals surface area contributed by atoms with Crippen LogP contribution in [0.25, 0.3) is 10.2 Å². The Bertz CT molecular complexity index is 781. The molecule has 0 fully saturated rings. The van der Waals surface area contributed by atoms with E-state index >= 15 is 0 Å². The number of anilines is 1. The summed E-state index contributed by atoms with van der Waals surface area (Å²) in [5, 5.41) is 0.778. The lowest BCUT2D eigenvalue weighted by Crippen LogP contribution is -2.39. The van der Waals surface area contributed by atoms with Gasteiger partial charge >= 0.3 is 5.97 Å². The van der Waals surface area contributed by atoms with Crippen molar-refractivity contribution in [2.75, 3.05) is 18.8 Å². The molecule has 0 spiro atoms. The molecule has 2 N–H and O–H groups in total. The van der Waals surface area contributed by atoms with Gasteiger partial charge in [0.25, 0.3) is 5.91 Å². The van der Waals surface area contributed by atoms with E-state index in [1.807, 2.05) is 33.8 Å². The fourth-order valence-corrected chi connectivity index (χ4v) is 3.78. The molecule has 2 rings (SSSR count). The van der Waals surface area contributed by atoms with Gasteiger partial charge in [-0.1, -0.05) is 0 Å². The second-order valence-electron chi connectivity index (χ2n) is 5.66. The highest BCUT2D eigenvalue weighted by Crippen LogP contribution is 2.35. The first kappa shape index (κ1) is 18.2. The number of thiophene rings is 1. The predicted molar refractivity (Wildman–Crippen MR) is 96.3 cm³/mol. The minimum absolute atomic E-state index is 0.210. The van der Waals surface area contributed by atoms with Gasteiger partial charge in [-0.2, -0.15) is 0 Å². The topological polar surface area (TPSA) is 85.5 Å². The molecule has 1 amide bonds. The monoisotopic (exact) mass is 349 g/mol. The van der Waals surface area contributed by atoms with Crippen LogP contribution in [0.4, 0.5) is 5.69 Å². The number of amides is 1. The first-order valence-corrected chi connectivity index (χ1v) is 8.77. The number of carbonyl (C=O) groups is 2. The lowest BCUT2D eigenvalue weighted by atomic mass is 10.1. The number of rotatable bonds is 5. The predicted octanol–water partition coefficient (Wildman–Crippen LogP) is 2.91. The van der Waals surface area contributed by atoms with Crippen LogP contribution in [0.3, 0.4) is 0 Å². The molecule has 0 aromatic carbocycles. The largest absolute Gasteiger partial charge is 0.448 e. The molecule has 2 aromatic rings. The van der Waals surface area contributed by atoms with Crippen molar-refractivity contribution >= 4 is 39.1 Å². The Balaban J connectivity index is 2.27. The SMILES string of the molecule is CCN(CC)C(=O)C(C)OC(=O)c1sc2nc(C)cc(C)c2c1N. The van der Waals surface area contributed by atoms with E-state index in [1.165, 1.54) is 11.3 Å². The highest BCUT2D eigenvalue weighted by molar-refractivity contribution is 7.21. The van der Waals surface area contributed by atoms with E-state index in [4.69, 9.17) is 10.5 Å². The summed E-state index contributed by atoms with van der Waals surface area (Å²) < 4.78 is 5.34. The number of esters is 1. The average molecular weight is 349 g/mol. The van der Waals surface area contributed by atoms with Crippen LogP contribution in [-0.2, 0) is 9.53 Å². The van der Waals surface area contributed by atoms with Gasteiger partial charge in [-0.05, 0) is 46.2 Å². The second-order valence-corrected chi connectivity index (χ2v) is 6.66. The maximum absolute atomic E-state index is 12.5. The Morgan fingerprint density at radius 2 is 1.96 bits per heavy atom. The highest BCUT2D eigenvalue weighted by atomic mass is 32.1. The zero-order chi connectivity index (χ0) is 18.0. The summed E-state index contributed by atoms with van der Waals surface area (Å²) in [5.74, 6) is -0.793. The maximum Gasteiger partial charge on any atom is 0.351 e. The van der Waals surface area contributed by atoms with Crippen molar-refractivity contribution in [2.45, 2.75) is 40.7 Å². The first-order chi connectivity index (χ1) is 11.3. The molecule has 6 nitrogen and oxygen atoms in total. The highest BCUT2D eigenvalue weighted by Gasteiger charge is 2.26. The normalized spacial score (nSPS) is 12.2. The lowest BCUT2D eigenvalue weighted by molar-refractivity contribution is -0.139. The van der Waals surface area contributed by atoms with Crippen molar-refractivity contribution in [1.82, 2.24) is 9.88 Å². The number of nitrogens with zero attached hydrogens (tertiary/aromatic N) is 2. The molecule has 1 unspecified atom stereocenters. The summed E-state index contributed by atoms with van der Waals surface area (Å²) in [5.41, 5.74) is 8.33. The average Bonchev–Trinajstić information content (AvgIpc) is 2.85. The van der Waals surface area contributed by atoms with E-state index in [0.29, 0.717) is 28.5 Å². The molecule has 0 aliphatic carbocycles. The molecule has 0 saturated heterocycles. The van der Waals surface area contributed by atoms with Crippen molar-refractivity contribution in [1.29, 1.82) is 0 Å². The molecule has 0 radical (unpaired) electrons. The molecule has 24 heavy (non-hydrogen) atoms. The van der Waals surface area contributed by atoms with Crippen molar-refractivity contribution in [2.24, 2.45) is 0 Å². The summed E-state index contributed by atoms with van der Waals surface area (Å²) >= 11 is 1.20. The van der Waals surface area contributed by atoms with Crippen molar-refractivity contribution in [3.05, 3.63) is 22.2 Å². The molecule has 0 aliphatic heterocycles. The van der Waals surface area contributed by atoms with Crippen LogP contribution >= 0.6 is 11.3 Å². The van der Waals surface area contributed by atoms with Crippen LogP contribution in [0, 0.1) is 13.8 Å². The van der Waals surface area contributed by atoms with Gasteiger partial charge in [0, 0.05) is 24.2 Å². The Morgan fingerprint density at radius 3 is 2.54 bits per heavy atom. The zero-order valence-electron chi connectivity index (χ0n) is 14.7. The van der Waals surface area contributed by atoms with Gasteiger partial charge in [0.15, 0.2) is 6.10 Å². The number of fused-ring (bicyclic) bond motifs is 1. The van der Waals surface area contributed by atoms with Gasteiger partial charge in [0.2, 0.25) is 0 Å². The number of nitrogens with two attached hydrogens (primary N) is 1. The first-order valence-electron chi connectivity index (χ1n) is 7.96. The van der Waals surface area contributed by atoms with Crippen molar-refractivity contribution in [3.63, 3.8) is 0 Å². The van der Waals surface area contributed by atoms with E-state index in [0.717, 1.165) is 16.6 Å². The van der Waals surface area contributed by atoms with E-state index in [2.05, 4.69) is 4.98 Å². The minimum atomic E-state index is -0.849. The van der Waals surface area contributed by atoms with Gasteiger partial charge in [-0.3, -0.25) is 4.79 Å². The number of hydrogen-bond donors (Lipinski definition) is 1. The zero-order valence-corrected chi connectivity index (χ0v) is 15.5. The van der Waals surface area contributed by atoms with Crippen molar-refractivity contribution < 1.29 is 14.3 Å². The van der Waals surface area contributed by atoms with E-state index in [1.54, 1.807) is 11.8 Å². The number of likely N-dealkylation sites (N-methyl/N-ethyl adjacent to an activating group) is 1. The van der Waals surface area contributed by atoms with Crippen LogP contribution in [0.15, 0.2) is 6.07 Å². The molecule has 2 heterocycles. The Hall–Kier alpha value is -2.15. The Labute approximate surface area is 145 Å². The van der Waals surface area contributed by atoms with Crippen LogP contribution in [-0.4, -0.2) is 41.0 Å². The number of nitrogen functional groups attached to an aromatic ring is 1. The smallest absolute Gasteiger partial charge is 0.351 e. The Morgan fingerprint density at radius 1 is 1.33 bits per heavy atom. The third-order valence-electron chi connectivity index (χ3n) is 3.92. The third-order valence-corrected chi connectivity index (χ3v) is 5.00. The summed E-state index contributed by atoms with van der Waals surface area (Å²) in [6.45, 7) is 10.3. The second kappa shape index (κ2) is 7.17. The summed E-state index contributed by atoms with van der Waals surface area (Å²) in [4.78, 5) is 31.7. The standard InChI is InChI=1S/C17H23N3O3S/c1-6-20(7-2)16(21)11(5)23-17(22)14-13(18)12-9(3)8-10(4)19-15(12)24-14/h8,11H,6-7,18H2,1-5H3. The van der Waals surface area contributed by atoms with Crippen LogP contribution < -0.4 is 5.73 Å². The van der Waals surface area contributed by atoms with E-state index < -0.39 is 12.1 Å². The fraction of sp³-hybridized carbons (Fsp3) is 0.471. The van der Waals surface area contributed by atoms with Gasteiger partial charge in [0.1, 0.15) is 9.71 Å². The van der Waals surface area contributed by atoms with Gasteiger partial charge < -0.3 is 15.4 Å². The van der Waals surface area contributed by atoms with Gasteiger partial charge in [-0.25, -0.2) is 9.78 Å². The summed E-state index contributed by atoms with van der Waals surface area (Å²) in [6.07, 6.45) is -0.849. The fourth-order valence-electron chi connectivity index (χ4n) is 2.68. The number of pyridine rings is 1. The molecule has 2 aromatic heterocycles. The molecule has 0 bridgehead atoms. The number of ether oxygens (including phenoxy) is 1. The molecule has 0 saturated carbocycles. The minimum Gasteiger partial charge on any atom is -0.448 e. The van der Waals surface area contributed by atoms with Gasteiger partial charge in [0.05, 0.1) is 5.69 Å². The van der Waals surface area contributed by atoms with E-state index in [9.17, 15) is 9.59 Å². The maximum atomic E-state index is 12.5. The quantitative estimate of drug-likeness (QED) is 0.839. The number of hydrogen-bond acceptors (Lipinski definition) is 6. The van der Waals surface area contributed by atoms with Crippen molar-refractivity contribution in [3.8, 4) is 0 Å². The molecular weight excluding hydrogens is 326 g/mol. The number of carbonyl (C=O) groups excluding carboxylic acids is 2. The van der Waals surface area contributed by atoms with Gasteiger partial charge in [-0.15, -0.1) is 11.3 Å². The van der Waals surface area contributed by atoms with Crippen LogP contribution in [0.2, 0.25) is 0 Å². The summed E-state index contributed by atoms with van der Waals surface area (Å²) in [6, 6.07) is 1.92. The Kier molecular flexibility index (Phi) is 5.43. The number of aromatic nitrogens is 1. The third kappa shape index (κ3) is 3.36. The molecule has 130 valence electrons. The molecule has 7 heteroatoms. The van der Waals surface area contributed by atoms with Crippen LogP contribution in [0.1, 0.15) is 41.7 Å². The summed E-state index contributed by atoms with van der Waals surface area (Å²) in [7, 11) is 0.